The maximum Gasteiger partial charge on any atom is 0.0956 e. The van der Waals surface area contributed by atoms with Crippen LogP contribution >= 0.6 is 0 Å². The molecule has 1 aliphatic carbocycles. The van der Waals surface area contributed by atoms with Crippen LogP contribution in [0.2, 0.25) is 0 Å². The zero-order chi connectivity index (χ0) is 11.4. The molecular weight excluding hydrogens is 212 g/mol. The van der Waals surface area contributed by atoms with Gasteiger partial charge in [-0.25, -0.2) is 4.98 Å². The van der Waals surface area contributed by atoms with E-state index < -0.39 is 0 Å². The Morgan fingerprint density at radius 3 is 2.88 bits per heavy atom. The molecule has 1 unspecified atom stereocenters. The van der Waals surface area contributed by atoms with Crippen molar-refractivity contribution in [2.45, 2.75) is 25.0 Å². The van der Waals surface area contributed by atoms with Gasteiger partial charge in [0.2, 0.25) is 0 Å². The van der Waals surface area contributed by atoms with Gasteiger partial charge in [0.1, 0.15) is 0 Å². The molecule has 86 valence electrons. The molecular formula is C14H14N2O. The van der Waals surface area contributed by atoms with E-state index >= 15 is 0 Å². The molecule has 2 heterocycles. The van der Waals surface area contributed by atoms with E-state index in [-0.39, 0.29) is 12.1 Å². The van der Waals surface area contributed by atoms with Gasteiger partial charge in [-0.05, 0) is 18.4 Å². The molecule has 0 bridgehead atoms. The molecule has 3 atom stereocenters. The van der Waals surface area contributed by atoms with Crippen molar-refractivity contribution < 1.29 is 5.11 Å². The second-order valence-electron chi connectivity index (χ2n) is 5.03. The maximum atomic E-state index is 9.92. The largest absolute Gasteiger partial charge is 0.393 e. The predicted molar refractivity (Wildman–Crippen MR) is 64.5 cm³/mol. The second-order valence-corrected chi connectivity index (χ2v) is 5.03. The van der Waals surface area contributed by atoms with Gasteiger partial charge in [0.15, 0.2) is 0 Å². The molecule has 1 aromatic heterocycles. The van der Waals surface area contributed by atoms with E-state index in [1.54, 1.807) is 0 Å². The number of aromatic nitrogens is 2. The average Bonchev–Trinajstić information content (AvgIpc) is 2.91. The van der Waals surface area contributed by atoms with Crippen molar-refractivity contribution >= 4 is 0 Å². The van der Waals surface area contributed by atoms with E-state index in [0.717, 1.165) is 12.8 Å². The summed E-state index contributed by atoms with van der Waals surface area (Å²) in [6.07, 6.45) is 5.71. The highest BCUT2D eigenvalue weighted by atomic mass is 16.3. The van der Waals surface area contributed by atoms with Gasteiger partial charge in [-0.2, -0.15) is 0 Å². The summed E-state index contributed by atoms with van der Waals surface area (Å²) in [6.45, 7) is 0. The number of fused-ring (bicyclic) bond motifs is 3. The van der Waals surface area contributed by atoms with E-state index in [4.69, 9.17) is 0 Å². The molecule has 4 rings (SSSR count). The van der Waals surface area contributed by atoms with Crippen molar-refractivity contribution in [2.75, 3.05) is 0 Å². The minimum absolute atomic E-state index is 0.151. The lowest BCUT2D eigenvalue weighted by atomic mass is 9.74. The third kappa shape index (κ3) is 1.12. The maximum absolute atomic E-state index is 9.92. The zero-order valence-corrected chi connectivity index (χ0v) is 9.45. The monoisotopic (exact) mass is 226 g/mol. The normalized spacial score (nSPS) is 29.6. The van der Waals surface area contributed by atoms with Crippen LogP contribution in [0.25, 0.3) is 11.3 Å². The summed E-state index contributed by atoms with van der Waals surface area (Å²) >= 11 is 0. The quantitative estimate of drug-likeness (QED) is 0.809. The Morgan fingerprint density at radius 2 is 2.12 bits per heavy atom. The number of benzene rings is 1. The van der Waals surface area contributed by atoms with Crippen molar-refractivity contribution in [3.63, 3.8) is 0 Å². The average molecular weight is 226 g/mol. The summed E-state index contributed by atoms with van der Waals surface area (Å²) in [5.41, 5.74) is 3.80. The van der Waals surface area contributed by atoms with Gasteiger partial charge >= 0.3 is 0 Å². The number of nitrogens with zero attached hydrogens (tertiary/aromatic N) is 2. The summed E-state index contributed by atoms with van der Waals surface area (Å²) in [4.78, 5) is 4.24. The second kappa shape index (κ2) is 3.20. The first-order chi connectivity index (χ1) is 8.36. The number of aliphatic hydroxyl groups excluding tert-OH is 1. The van der Waals surface area contributed by atoms with Crippen molar-refractivity contribution in [1.82, 2.24) is 9.55 Å². The number of imidazole rings is 1. The van der Waals surface area contributed by atoms with Gasteiger partial charge < -0.3 is 9.67 Å². The first kappa shape index (κ1) is 9.42. The Labute approximate surface area is 99.7 Å². The molecule has 0 saturated heterocycles. The molecule has 0 spiro atoms. The van der Waals surface area contributed by atoms with E-state index in [2.05, 4.69) is 33.8 Å². The van der Waals surface area contributed by atoms with Crippen LogP contribution in [-0.2, 0) is 0 Å². The van der Waals surface area contributed by atoms with E-state index in [0.29, 0.717) is 5.92 Å². The lowest BCUT2D eigenvalue weighted by Crippen LogP contribution is -2.37. The van der Waals surface area contributed by atoms with Crippen LogP contribution in [-0.4, -0.2) is 20.8 Å². The third-order valence-corrected chi connectivity index (χ3v) is 4.22. The first-order valence-electron chi connectivity index (χ1n) is 6.15. The fourth-order valence-corrected chi connectivity index (χ4v) is 3.19. The van der Waals surface area contributed by atoms with Gasteiger partial charge in [-0.1, -0.05) is 24.3 Å². The molecule has 0 amide bonds. The third-order valence-electron chi connectivity index (χ3n) is 4.22. The van der Waals surface area contributed by atoms with E-state index in [1.165, 1.54) is 16.8 Å². The molecule has 0 radical (unpaired) electrons. The van der Waals surface area contributed by atoms with Crippen LogP contribution in [0.5, 0.6) is 0 Å². The molecule has 2 aliphatic rings. The Bertz CT molecular complexity index is 575. The Hall–Kier alpha value is -1.61. The minimum Gasteiger partial charge on any atom is -0.393 e. The highest BCUT2D eigenvalue weighted by Gasteiger charge is 2.41. The van der Waals surface area contributed by atoms with Crippen molar-refractivity contribution in [1.29, 1.82) is 0 Å². The van der Waals surface area contributed by atoms with Crippen LogP contribution in [0.15, 0.2) is 36.8 Å². The van der Waals surface area contributed by atoms with E-state index in [1.807, 2.05) is 12.5 Å². The van der Waals surface area contributed by atoms with Gasteiger partial charge in [0, 0.05) is 11.5 Å². The summed E-state index contributed by atoms with van der Waals surface area (Å²) in [5.74, 6) is 0.353. The number of rotatable bonds is 1. The van der Waals surface area contributed by atoms with Crippen LogP contribution in [0.3, 0.4) is 0 Å². The smallest absolute Gasteiger partial charge is 0.0956 e. The highest BCUT2D eigenvalue weighted by molar-refractivity contribution is 5.69. The Balaban J connectivity index is 1.90. The molecule has 1 saturated carbocycles. The molecule has 1 fully saturated rings. The SMILES string of the molecule is O[C@@H]1CC[C@H]1C1c2ccccc2-c2cncn21. The summed E-state index contributed by atoms with van der Waals surface area (Å²) in [6, 6.07) is 8.76. The predicted octanol–water partition coefficient (Wildman–Crippen LogP) is 2.22. The minimum atomic E-state index is -0.151. The number of hydrogen-bond acceptors (Lipinski definition) is 2. The highest BCUT2D eigenvalue weighted by Crippen LogP contribution is 2.48. The van der Waals surface area contributed by atoms with Crippen LogP contribution in [0.1, 0.15) is 24.4 Å². The molecule has 1 N–H and O–H groups in total. The standard InChI is InChI=1S/C14H14N2O/c17-13-6-5-11(13)14-10-4-2-1-3-9(10)12-7-15-8-16(12)14/h1-4,7-8,11,13-14,17H,5-6H2/t11-,13-,14?/m1/s1. The fraction of sp³-hybridized carbons (Fsp3) is 0.357. The molecule has 1 aromatic carbocycles. The lowest BCUT2D eigenvalue weighted by Gasteiger charge is -2.38. The van der Waals surface area contributed by atoms with Crippen LogP contribution in [0.4, 0.5) is 0 Å². The van der Waals surface area contributed by atoms with Crippen LogP contribution in [0, 0.1) is 5.92 Å². The zero-order valence-electron chi connectivity index (χ0n) is 9.45. The van der Waals surface area contributed by atoms with Crippen molar-refractivity contribution in [3.8, 4) is 11.3 Å². The Morgan fingerprint density at radius 1 is 1.24 bits per heavy atom. The summed E-state index contributed by atoms with van der Waals surface area (Å²) in [5, 5.41) is 9.92. The number of aliphatic hydroxyl groups is 1. The van der Waals surface area contributed by atoms with Gasteiger partial charge in [0.05, 0.1) is 30.4 Å². The van der Waals surface area contributed by atoms with Crippen molar-refractivity contribution in [3.05, 3.63) is 42.4 Å². The molecule has 3 nitrogen and oxygen atoms in total. The van der Waals surface area contributed by atoms with Gasteiger partial charge in [0.25, 0.3) is 0 Å². The topological polar surface area (TPSA) is 38.1 Å². The van der Waals surface area contributed by atoms with Gasteiger partial charge in [-0.15, -0.1) is 0 Å². The summed E-state index contributed by atoms with van der Waals surface area (Å²) in [7, 11) is 0. The van der Waals surface area contributed by atoms with Crippen LogP contribution < -0.4 is 0 Å². The van der Waals surface area contributed by atoms with Gasteiger partial charge in [-0.3, -0.25) is 0 Å². The molecule has 1 aliphatic heterocycles. The Kier molecular flexibility index (Phi) is 1.77. The lowest BCUT2D eigenvalue weighted by molar-refractivity contribution is 0.00415. The molecule has 3 heteroatoms. The van der Waals surface area contributed by atoms with Crippen molar-refractivity contribution in [2.24, 2.45) is 5.92 Å². The summed E-state index contributed by atoms with van der Waals surface area (Å²) < 4.78 is 2.22. The van der Waals surface area contributed by atoms with E-state index in [9.17, 15) is 5.11 Å². The first-order valence-corrected chi connectivity index (χ1v) is 6.15. The molecule has 2 aromatic rings. The fourth-order valence-electron chi connectivity index (χ4n) is 3.19. The number of hydrogen-bond donors (Lipinski definition) is 1. The molecule has 17 heavy (non-hydrogen) atoms.